The van der Waals surface area contributed by atoms with Gasteiger partial charge < -0.3 is 5.32 Å². The Labute approximate surface area is 82.4 Å². The summed E-state index contributed by atoms with van der Waals surface area (Å²) in [5, 5.41) is 10.6. The third-order valence-electron chi connectivity index (χ3n) is 1.69. The van der Waals surface area contributed by atoms with E-state index in [0.717, 1.165) is 19.5 Å². The molecule has 0 amide bonds. The van der Waals surface area contributed by atoms with Crippen LogP contribution in [0.25, 0.3) is 0 Å². The summed E-state index contributed by atoms with van der Waals surface area (Å²) in [6, 6.07) is 0. The first kappa shape index (κ1) is 10.5. The van der Waals surface area contributed by atoms with Crippen LogP contribution in [0.3, 0.4) is 0 Å². The third-order valence-corrected chi connectivity index (χ3v) is 1.69. The summed E-state index contributed by atoms with van der Waals surface area (Å²) >= 11 is 0. The molecule has 1 heterocycles. The molecule has 0 aromatic carbocycles. The van der Waals surface area contributed by atoms with Gasteiger partial charge in [0.15, 0.2) is 0 Å². The third kappa shape index (κ3) is 3.40. The molecule has 78 valence electrons. The second kappa shape index (κ2) is 5.92. The number of aliphatic imine (C=N–C) groups is 1. The minimum absolute atomic E-state index is 0.587. The number of aryl methyl sites for hydroxylation is 1. The number of hydrogen-bond donors (Lipinski definition) is 3. The first-order chi connectivity index (χ1) is 6.86. The number of hydrazine groups is 1. The van der Waals surface area contributed by atoms with Gasteiger partial charge in [0, 0.05) is 26.3 Å². The number of nitrogens with two attached hydrogens (primary N) is 1. The Balaban J connectivity index is 2.10. The van der Waals surface area contributed by atoms with Crippen LogP contribution in [0.1, 0.15) is 6.42 Å². The largest absolute Gasteiger partial charge is 0.355 e. The van der Waals surface area contributed by atoms with Crippen LogP contribution in [-0.2, 0) is 6.54 Å². The van der Waals surface area contributed by atoms with Crippen LogP contribution >= 0.6 is 0 Å². The summed E-state index contributed by atoms with van der Waals surface area (Å²) in [4.78, 5) is 3.88. The highest BCUT2D eigenvalue weighted by Gasteiger charge is 1.94. The fraction of sp³-hybridized carbons (Fsp3) is 0.571. The van der Waals surface area contributed by atoms with Gasteiger partial charge in [-0.25, -0.2) is 5.84 Å². The highest BCUT2D eigenvalue weighted by Crippen LogP contribution is 1.85. The van der Waals surface area contributed by atoms with E-state index in [0.29, 0.717) is 5.96 Å². The molecule has 4 N–H and O–H groups in total. The molecule has 0 atom stereocenters. The Morgan fingerprint density at radius 1 is 1.64 bits per heavy atom. The normalized spacial score (nSPS) is 11.4. The van der Waals surface area contributed by atoms with E-state index in [4.69, 9.17) is 5.84 Å². The maximum atomic E-state index is 5.19. The average molecular weight is 197 g/mol. The second-order valence-electron chi connectivity index (χ2n) is 2.66. The van der Waals surface area contributed by atoms with Crippen molar-refractivity contribution in [1.29, 1.82) is 0 Å². The standard InChI is InChI=1S/C7H15N7/c1-9-7(12-8)10-3-2-5-14-6-4-11-13-14/h4,6H,2-3,5,8H2,1H3,(H2,9,10,12). The molecule has 14 heavy (non-hydrogen) atoms. The summed E-state index contributed by atoms with van der Waals surface area (Å²) in [6.45, 7) is 1.62. The van der Waals surface area contributed by atoms with E-state index in [1.54, 1.807) is 17.9 Å². The second-order valence-corrected chi connectivity index (χ2v) is 2.66. The number of guanidine groups is 1. The SMILES string of the molecule is CN=C(NN)NCCCn1ccnn1. The molecule has 0 saturated heterocycles. The summed E-state index contributed by atoms with van der Waals surface area (Å²) < 4.78 is 1.78. The van der Waals surface area contributed by atoms with Gasteiger partial charge in [0.2, 0.25) is 5.96 Å². The Morgan fingerprint density at radius 3 is 3.07 bits per heavy atom. The average Bonchev–Trinajstić information content (AvgIpc) is 2.71. The predicted octanol–water partition coefficient (Wildman–Crippen LogP) is -1.29. The number of aromatic nitrogens is 3. The van der Waals surface area contributed by atoms with E-state index in [1.165, 1.54) is 0 Å². The maximum Gasteiger partial charge on any atom is 0.205 e. The zero-order valence-corrected chi connectivity index (χ0v) is 8.14. The highest BCUT2D eigenvalue weighted by atomic mass is 15.4. The first-order valence-corrected chi connectivity index (χ1v) is 4.38. The van der Waals surface area contributed by atoms with E-state index in [2.05, 4.69) is 26.0 Å². The van der Waals surface area contributed by atoms with Crippen LogP contribution in [-0.4, -0.2) is 34.5 Å². The number of rotatable bonds is 4. The molecular formula is C7H15N7. The van der Waals surface area contributed by atoms with Gasteiger partial charge in [0.1, 0.15) is 0 Å². The predicted molar refractivity (Wildman–Crippen MR) is 53.3 cm³/mol. The smallest absolute Gasteiger partial charge is 0.205 e. The molecule has 0 radical (unpaired) electrons. The molecule has 7 heteroatoms. The van der Waals surface area contributed by atoms with Crippen molar-refractivity contribution in [1.82, 2.24) is 25.7 Å². The van der Waals surface area contributed by atoms with E-state index < -0.39 is 0 Å². The van der Waals surface area contributed by atoms with Crippen LogP contribution in [0.4, 0.5) is 0 Å². The summed E-state index contributed by atoms with van der Waals surface area (Å²) in [6.07, 6.45) is 4.42. The van der Waals surface area contributed by atoms with Gasteiger partial charge in [-0.1, -0.05) is 5.21 Å². The van der Waals surface area contributed by atoms with Gasteiger partial charge in [-0.05, 0) is 6.42 Å². The molecule has 1 aromatic heterocycles. The quantitative estimate of drug-likeness (QED) is 0.183. The zero-order chi connectivity index (χ0) is 10.2. The molecule has 1 rings (SSSR count). The van der Waals surface area contributed by atoms with Crippen molar-refractivity contribution in [3.8, 4) is 0 Å². The summed E-state index contributed by atoms with van der Waals surface area (Å²) in [7, 11) is 1.67. The molecule has 0 aliphatic carbocycles. The molecule has 1 aromatic rings. The number of nitrogens with one attached hydrogen (secondary N) is 2. The van der Waals surface area contributed by atoms with Gasteiger partial charge in [0.25, 0.3) is 0 Å². The fourth-order valence-electron chi connectivity index (χ4n) is 0.994. The zero-order valence-electron chi connectivity index (χ0n) is 8.14. The van der Waals surface area contributed by atoms with Crippen molar-refractivity contribution in [3.63, 3.8) is 0 Å². The van der Waals surface area contributed by atoms with Crippen molar-refractivity contribution in [2.24, 2.45) is 10.8 Å². The molecule has 0 saturated carbocycles. The summed E-state index contributed by atoms with van der Waals surface area (Å²) in [5.41, 5.74) is 2.45. The van der Waals surface area contributed by atoms with Crippen LogP contribution in [0.5, 0.6) is 0 Å². The lowest BCUT2D eigenvalue weighted by Gasteiger charge is -2.07. The van der Waals surface area contributed by atoms with E-state index in [-0.39, 0.29) is 0 Å². The van der Waals surface area contributed by atoms with E-state index in [9.17, 15) is 0 Å². The van der Waals surface area contributed by atoms with Gasteiger partial charge in [-0.15, -0.1) is 5.10 Å². The van der Waals surface area contributed by atoms with Crippen molar-refractivity contribution in [2.45, 2.75) is 13.0 Å². The molecule has 0 aliphatic rings. The molecule has 0 unspecified atom stereocenters. The van der Waals surface area contributed by atoms with Crippen LogP contribution < -0.4 is 16.6 Å². The Morgan fingerprint density at radius 2 is 2.50 bits per heavy atom. The Hall–Kier alpha value is -1.63. The first-order valence-electron chi connectivity index (χ1n) is 4.38. The van der Waals surface area contributed by atoms with Crippen LogP contribution in [0, 0.1) is 0 Å². The summed E-state index contributed by atoms with van der Waals surface area (Å²) in [5.74, 6) is 5.78. The van der Waals surface area contributed by atoms with Crippen LogP contribution in [0.15, 0.2) is 17.4 Å². The Kier molecular flexibility index (Phi) is 4.42. The van der Waals surface area contributed by atoms with Crippen molar-refractivity contribution in [2.75, 3.05) is 13.6 Å². The number of nitrogens with zero attached hydrogens (tertiary/aromatic N) is 4. The minimum atomic E-state index is 0.587. The lowest BCUT2D eigenvalue weighted by molar-refractivity contribution is 0.552. The molecule has 0 aliphatic heterocycles. The highest BCUT2D eigenvalue weighted by molar-refractivity contribution is 5.78. The molecule has 7 nitrogen and oxygen atoms in total. The molecule has 0 bridgehead atoms. The van der Waals surface area contributed by atoms with Gasteiger partial charge in [-0.2, -0.15) is 0 Å². The maximum absolute atomic E-state index is 5.19. The van der Waals surface area contributed by atoms with Gasteiger partial charge in [-0.3, -0.25) is 15.1 Å². The van der Waals surface area contributed by atoms with E-state index >= 15 is 0 Å². The van der Waals surface area contributed by atoms with Crippen molar-refractivity contribution in [3.05, 3.63) is 12.4 Å². The Bertz CT molecular complexity index is 266. The van der Waals surface area contributed by atoms with Crippen molar-refractivity contribution >= 4 is 5.96 Å². The lowest BCUT2D eigenvalue weighted by Crippen LogP contribution is -2.41. The van der Waals surface area contributed by atoms with Crippen LogP contribution in [0.2, 0.25) is 0 Å². The monoisotopic (exact) mass is 197 g/mol. The van der Waals surface area contributed by atoms with E-state index in [1.807, 2.05) is 6.20 Å². The van der Waals surface area contributed by atoms with Gasteiger partial charge >= 0.3 is 0 Å². The minimum Gasteiger partial charge on any atom is -0.355 e. The lowest BCUT2D eigenvalue weighted by atomic mass is 10.4. The number of hydrogen-bond acceptors (Lipinski definition) is 4. The van der Waals surface area contributed by atoms with Gasteiger partial charge in [0.05, 0.1) is 6.20 Å². The molecular weight excluding hydrogens is 182 g/mol. The molecule has 0 spiro atoms. The topological polar surface area (TPSA) is 93.2 Å². The molecule has 0 fully saturated rings. The van der Waals surface area contributed by atoms with Crippen molar-refractivity contribution < 1.29 is 0 Å². The fourth-order valence-corrected chi connectivity index (χ4v) is 0.994.